The highest BCUT2D eigenvalue weighted by Gasteiger charge is 2.20. The molecule has 4 nitrogen and oxygen atoms in total. The summed E-state index contributed by atoms with van der Waals surface area (Å²) < 4.78 is 5.63. The Morgan fingerprint density at radius 3 is 2.80 bits per heavy atom. The summed E-state index contributed by atoms with van der Waals surface area (Å²) in [7, 11) is 0. The molecule has 2 heterocycles. The Kier molecular flexibility index (Phi) is 4.05. The predicted octanol–water partition coefficient (Wildman–Crippen LogP) is 3.83. The Labute approximate surface area is 127 Å². The summed E-state index contributed by atoms with van der Waals surface area (Å²) in [5, 5.41) is 4.57. The van der Waals surface area contributed by atoms with Crippen LogP contribution in [0.15, 0.2) is 30.7 Å². The first-order valence-electron chi connectivity index (χ1n) is 6.37. The number of hydrogen-bond acceptors (Lipinski definition) is 4. The molecule has 0 amide bonds. The minimum absolute atomic E-state index is 0.478. The van der Waals surface area contributed by atoms with E-state index in [1.807, 2.05) is 6.07 Å². The van der Waals surface area contributed by atoms with E-state index in [-0.39, 0.29) is 0 Å². The standard InChI is InChI=1S/C14H13Cl2N3O/c15-10-4-12(7-17-6-10)20-14-3-9(13(16)8-19-14)5-18-11-1-2-11/h3-4,6-8,11,18H,1-2,5H2. The average molecular weight is 310 g/mol. The van der Waals surface area contributed by atoms with Crippen molar-refractivity contribution in [2.45, 2.75) is 25.4 Å². The van der Waals surface area contributed by atoms with Crippen LogP contribution in [0.3, 0.4) is 0 Å². The van der Waals surface area contributed by atoms with Gasteiger partial charge < -0.3 is 10.1 Å². The van der Waals surface area contributed by atoms with Crippen LogP contribution in [0.1, 0.15) is 18.4 Å². The van der Waals surface area contributed by atoms with E-state index in [1.165, 1.54) is 12.8 Å². The lowest BCUT2D eigenvalue weighted by atomic mass is 10.2. The Balaban J connectivity index is 1.73. The Bertz CT molecular complexity index is 617. The van der Waals surface area contributed by atoms with Crippen molar-refractivity contribution in [3.05, 3.63) is 46.3 Å². The number of hydrogen-bond donors (Lipinski definition) is 1. The molecule has 1 N–H and O–H groups in total. The quantitative estimate of drug-likeness (QED) is 0.912. The third kappa shape index (κ3) is 3.60. The summed E-state index contributed by atoms with van der Waals surface area (Å²) in [5.41, 5.74) is 0.971. The smallest absolute Gasteiger partial charge is 0.219 e. The number of halogens is 2. The second-order valence-electron chi connectivity index (χ2n) is 4.71. The molecule has 0 bridgehead atoms. The van der Waals surface area contributed by atoms with Crippen molar-refractivity contribution in [1.29, 1.82) is 0 Å². The van der Waals surface area contributed by atoms with Crippen molar-refractivity contribution in [2.24, 2.45) is 0 Å². The molecular formula is C14H13Cl2N3O. The molecule has 2 aromatic heterocycles. The molecule has 1 saturated carbocycles. The van der Waals surface area contributed by atoms with E-state index >= 15 is 0 Å². The van der Waals surface area contributed by atoms with Gasteiger partial charge in [-0.25, -0.2) is 4.98 Å². The van der Waals surface area contributed by atoms with Crippen LogP contribution in [0, 0.1) is 0 Å². The van der Waals surface area contributed by atoms with Gasteiger partial charge in [0, 0.05) is 37.1 Å². The van der Waals surface area contributed by atoms with Crippen molar-refractivity contribution >= 4 is 23.2 Å². The molecule has 104 valence electrons. The van der Waals surface area contributed by atoms with Gasteiger partial charge in [0.2, 0.25) is 5.88 Å². The molecule has 1 aliphatic carbocycles. The fourth-order valence-corrected chi connectivity index (χ4v) is 2.09. The molecule has 1 aliphatic rings. The molecule has 2 aromatic rings. The highest BCUT2D eigenvalue weighted by molar-refractivity contribution is 6.31. The van der Waals surface area contributed by atoms with Crippen LogP contribution >= 0.6 is 23.2 Å². The SMILES string of the molecule is Clc1cncc(Oc2cc(CNC3CC3)c(Cl)cn2)c1. The number of pyridine rings is 2. The lowest BCUT2D eigenvalue weighted by molar-refractivity contribution is 0.459. The van der Waals surface area contributed by atoms with E-state index in [9.17, 15) is 0 Å². The Morgan fingerprint density at radius 1 is 1.20 bits per heavy atom. The molecule has 3 rings (SSSR count). The van der Waals surface area contributed by atoms with Gasteiger partial charge in [-0.05, 0) is 18.4 Å². The van der Waals surface area contributed by atoms with Gasteiger partial charge in [0.25, 0.3) is 0 Å². The third-order valence-electron chi connectivity index (χ3n) is 2.97. The van der Waals surface area contributed by atoms with Crippen molar-refractivity contribution in [3.8, 4) is 11.6 Å². The number of ether oxygens (including phenoxy) is 1. The maximum atomic E-state index is 6.14. The third-order valence-corrected chi connectivity index (χ3v) is 3.52. The minimum atomic E-state index is 0.478. The van der Waals surface area contributed by atoms with Crippen molar-refractivity contribution < 1.29 is 4.74 Å². The molecule has 0 aliphatic heterocycles. The fourth-order valence-electron chi connectivity index (χ4n) is 1.76. The molecule has 0 aromatic carbocycles. The summed E-state index contributed by atoms with van der Waals surface area (Å²) >= 11 is 12.0. The number of nitrogens with one attached hydrogen (secondary N) is 1. The van der Waals surface area contributed by atoms with Gasteiger partial charge >= 0.3 is 0 Å². The number of nitrogens with zero attached hydrogens (tertiary/aromatic N) is 2. The lowest BCUT2D eigenvalue weighted by Gasteiger charge is -2.09. The first kappa shape index (κ1) is 13.6. The van der Waals surface area contributed by atoms with Crippen molar-refractivity contribution in [3.63, 3.8) is 0 Å². The molecule has 6 heteroatoms. The molecule has 0 radical (unpaired) electrons. The van der Waals surface area contributed by atoms with Crippen LogP contribution in [0.2, 0.25) is 10.0 Å². The minimum Gasteiger partial charge on any atom is -0.437 e. The zero-order valence-electron chi connectivity index (χ0n) is 10.6. The molecule has 0 atom stereocenters. The van der Waals surface area contributed by atoms with Gasteiger partial charge in [0.15, 0.2) is 0 Å². The highest BCUT2D eigenvalue weighted by Crippen LogP contribution is 2.26. The second kappa shape index (κ2) is 5.95. The van der Waals surface area contributed by atoms with Crippen molar-refractivity contribution in [1.82, 2.24) is 15.3 Å². The van der Waals surface area contributed by atoms with Gasteiger partial charge in [0.1, 0.15) is 5.75 Å². The van der Waals surface area contributed by atoms with E-state index in [0.717, 1.165) is 12.1 Å². The van der Waals surface area contributed by atoms with E-state index in [0.29, 0.717) is 27.7 Å². The fraction of sp³-hybridized carbons (Fsp3) is 0.286. The number of rotatable bonds is 5. The van der Waals surface area contributed by atoms with Crippen LogP contribution in [0.25, 0.3) is 0 Å². The van der Waals surface area contributed by atoms with Gasteiger partial charge in [0.05, 0.1) is 16.2 Å². The van der Waals surface area contributed by atoms with E-state index in [2.05, 4.69) is 15.3 Å². The van der Waals surface area contributed by atoms with Crippen LogP contribution in [0.4, 0.5) is 0 Å². The summed E-state index contributed by atoms with van der Waals surface area (Å²) in [6.07, 6.45) is 7.21. The zero-order chi connectivity index (χ0) is 13.9. The molecule has 1 fully saturated rings. The van der Waals surface area contributed by atoms with E-state index in [4.69, 9.17) is 27.9 Å². The maximum absolute atomic E-state index is 6.14. The van der Waals surface area contributed by atoms with E-state index < -0.39 is 0 Å². The summed E-state index contributed by atoms with van der Waals surface area (Å²) in [6, 6.07) is 4.15. The zero-order valence-corrected chi connectivity index (χ0v) is 12.2. The summed E-state index contributed by atoms with van der Waals surface area (Å²) in [4.78, 5) is 8.12. The molecule has 0 unspecified atom stereocenters. The Hall–Kier alpha value is -1.36. The van der Waals surface area contributed by atoms with Gasteiger partial charge in [-0.1, -0.05) is 23.2 Å². The second-order valence-corrected chi connectivity index (χ2v) is 5.55. The van der Waals surface area contributed by atoms with E-state index in [1.54, 1.807) is 24.7 Å². The predicted molar refractivity (Wildman–Crippen MR) is 78.4 cm³/mol. The molecular weight excluding hydrogens is 297 g/mol. The van der Waals surface area contributed by atoms with Crippen LogP contribution in [-0.4, -0.2) is 16.0 Å². The highest BCUT2D eigenvalue weighted by atomic mass is 35.5. The molecule has 0 spiro atoms. The van der Waals surface area contributed by atoms with Crippen LogP contribution < -0.4 is 10.1 Å². The Morgan fingerprint density at radius 2 is 2.05 bits per heavy atom. The number of aromatic nitrogens is 2. The topological polar surface area (TPSA) is 47.0 Å². The van der Waals surface area contributed by atoms with Gasteiger partial charge in [-0.2, -0.15) is 0 Å². The lowest BCUT2D eigenvalue weighted by Crippen LogP contribution is -2.15. The molecule has 0 saturated heterocycles. The first-order chi connectivity index (χ1) is 9.70. The summed E-state index contributed by atoms with van der Waals surface area (Å²) in [5.74, 6) is 1.03. The first-order valence-corrected chi connectivity index (χ1v) is 7.12. The monoisotopic (exact) mass is 309 g/mol. The molecule has 20 heavy (non-hydrogen) atoms. The van der Waals surface area contributed by atoms with Gasteiger partial charge in [-0.15, -0.1) is 0 Å². The normalized spacial score (nSPS) is 14.3. The van der Waals surface area contributed by atoms with Crippen LogP contribution in [0.5, 0.6) is 11.6 Å². The van der Waals surface area contributed by atoms with Crippen molar-refractivity contribution in [2.75, 3.05) is 0 Å². The van der Waals surface area contributed by atoms with Crippen LogP contribution in [-0.2, 0) is 6.54 Å². The maximum Gasteiger partial charge on any atom is 0.219 e. The van der Waals surface area contributed by atoms with Gasteiger partial charge in [-0.3, -0.25) is 4.98 Å². The average Bonchev–Trinajstić information content (AvgIpc) is 3.23. The largest absolute Gasteiger partial charge is 0.437 e. The summed E-state index contributed by atoms with van der Waals surface area (Å²) in [6.45, 7) is 0.718.